The topological polar surface area (TPSA) is 41.6 Å². The van der Waals surface area contributed by atoms with Crippen molar-refractivity contribution < 1.29 is 9.53 Å². The lowest BCUT2D eigenvalue weighted by Gasteiger charge is -2.22. The summed E-state index contributed by atoms with van der Waals surface area (Å²) in [5.74, 6) is 0.766. The highest BCUT2D eigenvalue weighted by Crippen LogP contribution is 2.24. The smallest absolute Gasteiger partial charge is 0.259 e. The minimum atomic E-state index is -0.0389. The fourth-order valence-electron chi connectivity index (χ4n) is 1.68. The maximum Gasteiger partial charge on any atom is 0.259 e. The molecule has 0 radical (unpaired) electrons. The first kappa shape index (κ1) is 16.5. The van der Waals surface area contributed by atoms with Crippen molar-refractivity contribution in [3.05, 3.63) is 29.3 Å². The Labute approximate surface area is 122 Å². The molecule has 1 rings (SSSR count). The van der Waals surface area contributed by atoms with Crippen molar-refractivity contribution in [1.29, 1.82) is 0 Å². The van der Waals surface area contributed by atoms with Gasteiger partial charge in [0.15, 0.2) is 6.61 Å². The van der Waals surface area contributed by atoms with Crippen LogP contribution in [0.1, 0.15) is 31.9 Å². The van der Waals surface area contributed by atoms with E-state index >= 15 is 0 Å². The number of amides is 1. The first-order valence-corrected chi connectivity index (χ1v) is 6.87. The number of likely N-dealkylation sites (N-methyl/N-ethyl adjacent to an activating group) is 1. The molecule has 0 atom stereocenters. The molecule has 0 unspecified atom stereocenters. The first-order valence-electron chi connectivity index (χ1n) is 6.87. The van der Waals surface area contributed by atoms with E-state index in [1.807, 2.05) is 25.1 Å². The van der Waals surface area contributed by atoms with Gasteiger partial charge in [-0.05, 0) is 33.3 Å². The third-order valence-electron chi connectivity index (χ3n) is 2.94. The molecule has 0 heterocycles. The molecule has 4 heteroatoms. The van der Waals surface area contributed by atoms with Gasteiger partial charge in [0.1, 0.15) is 5.75 Å². The molecule has 1 N–H and O–H groups in total. The van der Waals surface area contributed by atoms with Crippen LogP contribution in [0.4, 0.5) is 0 Å². The summed E-state index contributed by atoms with van der Waals surface area (Å²) in [4.78, 5) is 13.2. The number of carbonyl (C=O) groups excluding carboxylic acids is 1. The Morgan fingerprint density at radius 1 is 1.30 bits per heavy atom. The number of ether oxygens (including phenoxy) is 1. The number of hydrogen-bond donors (Lipinski definition) is 1. The van der Waals surface area contributed by atoms with Gasteiger partial charge in [-0.25, -0.2) is 0 Å². The van der Waals surface area contributed by atoms with E-state index in [2.05, 4.69) is 26.1 Å². The Hall–Kier alpha value is -1.55. The molecule has 0 bridgehead atoms. The van der Waals surface area contributed by atoms with Crippen LogP contribution in [-0.4, -0.2) is 37.0 Å². The van der Waals surface area contributed by atoms with Gasteiger partial charge in [0.25, 0.3) is 5.91 Å². The lowest BCUT2D eigenvalue weighted by molar-refractivity contribution is -0.130. The number of aryl methyl sites for hydroxylation is 1. The molecule has 0 saturated heterocycles. The van der Waals surface area contributed by atoms with Crippen LogP contribution < -0.4 is 10.1 Å². The summed E-state index contributed by atoms with van der Waals surface area (Å²) in [6.45, 7) is 9.16. The van der Waals surface area contributed by atoms with Crippen molar-refractivity contribution in [2.24, 2.45) is 0 Å². The minimum Gasteiger partial charge on any atom is -0.483 e. The SMILES string of the molecule is Cc1cccc(CNC(C)(C)C)c1OCC(=O)N(C)C. The summed E-state index contributed by atoms with van der Waals surface area (Å²) in [5.41, 5.74) is 2.16. The molecule has 112 valence electrons. The van der Waals surface area contributed by atoms with E-state index in [4.69, 9.17) is 4.74 Å². The number of carbonyl (C=O) groups is 1. The molecule has 0 aliphatic carbocycles. The highest BCUT2D eigenvalue weighted by molar-refractivity contribution is 5.77. The zero-order valence-electron chi connectivity index (χ0n) is 13.4. The fourth-order valence-corrected chi connectivity index (χ4v) is 1.68. The van der Waals surface area contributed by atoms with E-state index in [1.165, 1.54) is 4.90 Å². The van der Waals surface area contributed by atoms with Gasteiger partial charge in [-0.3, -0.25) is 4.79 Å². The molecule has 0 aliphatic heterocycles. The molecular formula is C16H26N2O2. The maximum absolute atomic E-state index is 11.6. The number of hydrogen-bond acceptors (Lipinski definition) is 3. The molecule has 1 aromatic carbocycles. The maximum atomic E-state index is 11.6. The molecule has 0 saturated carbocycles. The van der Waals surface area contributed by atoms with Crippen molar-refractivity contribution in [3.8, 4) is 5.75 Å². The van der Waals surface area contributed by atoms with E-state index < -0.39 is 0 Å². The second-order valence-corrected chi connectivity index (χ2v) is 6.24. The van der Waals surface area contributed by atoms with Crippen molar-refractivity contribution in [3.63, 3.8) is 0 Å². The second kappa shape index (κ2) is 6.75. The van der Waals surface area contributed by atoms with Gasteiger partial charge in [0, 0.05) is 31.7 Å². The largest absolute Gasteiger partial charge is 0.483 e. The van der Waals surface area contributed by atoms with E-state index in [0.29, 0.717) is 0 Å². The fraction of sp³-hybridized carbons (Fsp3) is 0.562. The molecule has 0 aromatic heterocycles. The Morgan fingerprint density at radius 3 is 2.50 bits per heavy atom. The van der Waals surface area contributed by atoms with Gasteiger partial charge in [0.2, 0.25) is 0 Å². The minimum absolute atomic E-state index is 0.0389. The number of nitrogens with one attached hydrogen (secondary N) is 1. The summed E-state index contributed by atoms with van der Waals surface area (Å²) in [5, 5.41) is 3.44. The molecule has 0 spiro atoms. The number of nitrogens with zero attached hydrogens (tertiary/aromatic N) is 1. The van der Waals surface area contributed by atoms with Gasteiger partial charge >= 0.3 is 0 Å². The standard InChI is InChI=1S/C16H26N2O2/c1-12-8-7-9-13(10-17-16(2,3)4)15(12)20-11-14(19)18(5)6/h7-9,17H,10-11H2,1-6H3. The summed E-state index contributed by atoms with van der Waals surface area (Å²) in [6.07, 6.45) is 0. The van der Waals surface area contributed by atoms with Crippen molar-refractivity contribution >= 4 is 5.91 Å². The zero-order valence-corrected chi connectivity index (χ0v) is 13.4. The molecule has 0 aliphatic rings. The van der Waals surface area contributed by atoms with Gasteiger partial charge in [0.05, 0.1) is 0 Å². The Kier molecular flexibility index (Phi) is 5.57. The zero-order chi connectivity index (χ0) is 15.3. The van der Waals surface area contributed by atoms with Gasteiger partial charge in [-0.15, -0.1) is 0 Å². The number of para-hydroxylation sites is 1. The summed E-state index contributed by atoms with van der Waals surface area (Å²) < 4.78 is 5.73. The summed E-state index contributed by atoms with van der Waals surface area (Å²) in [7, 11) is 3.46. The van der Waals surface area contributed by atoms with Crippen LogP contribution >= 0.6 is 0 Å². The van der Waals surface area contributed by atoms with E-state index in [-0.39, 0.29) is 18.1 Å². The molecule has 1 amide bonds. The van der Waals surface area contributed by atoms with Crippen LogP contribution in [0.25, 0.3) is 0 Å². The normalized spacial score (nSPS) is 11.3. The molecule has 20 heavy (non-hydrogen) atoms. The van der Waals surface area contributed by atoms with Crippen LogP contribution in [0.3, 0.4) is 0 Å². The monoisotopic (exact) mass is 278 g/mol. The molecular weight excluding hydrogens is 252 g/mol. The predicted molar refractivity (Wildman–Crippen MR) is 82.0 cm³/mol. The van der Waals surface area contributed by atoms with Gasteiger partial charge < -0.3 is 15.0 Å². The summed E-state index contributed by atoms with van der Waals surface area (Å²) >= 11 is 0. The van der Waals surface area contributed by atoms with E-state index in [1.54, 1.807) is 14.1 Å². The molecule has 0 fully saturated rings. The predicted octanol–water partition coefficient (Wildman–Crippen LogP) is 2.35. The average molecular weight is 278 g/mol. The lowest BCUT2D eigenvalue weighted by Crippen LogP contribution is -2.35. The van der Waals surface area contributed by atoms with E-state index in [0.717, 1.165) is 23.4 Å². The Balaban J connectivity index is 2.80. The number of benzene rings is 1. The van der Waals surface area contributed by atoms with Crippen LogP contribution in [-0.2, 0) is 11.3 Å². The van der Waals surface area contributed by atoms with Gasteiger partial charge in [-0.1, -0.05) is 18.2 Å². The van der Waals surface area contributed by atoms with Crippen molar-refractivity contribution in [2.45, 2.75) is 39.8 Å². The van der Waals surface area contributed by atoms with Crippen molar-refractivity contribution in [2.75, 3.05) is 20.7 Å². The number of rotatable bonds is 5. The third kappa shape index (κ3) is 5.21. The molecule has 4 nitrogen and oxygen atoms in total. The highest BCUT2D eigenvalue weighted by atomic mass is 16.5. The first-order chi connectivity index (χ1) is 9.20. The molecule has 1 aromatic rings. The van der Waals surface area contributed by atoms with Gasteiger partial charge in [-0.2, -0.15) is 0 Å². The van der Waals surface area contributed by atoms with Crippen LogP contribution in [0.2, 0.25) is 0 Å². The van der Waals surface area contributed by atoms with Crippen molar-refractivity contribution in [1.82, 2.24) is 10.2 Å². The third-order valence-corrected chi connectivity index (χ3v) is 2.94. The highest BCUT2D eigenvalue weighted by Gasteiger charge is 2.13. The van der Waals surface area contributed by atoms with Crippen LogP contribution in [0.5, 0.6) is 5.75 Å². The second-order valence-electron chi connectivity index (χ2n) is 6.24. The quantitative estimate of drug-likeness (QED) is 0.899. The summed E-state index contributed by atoms with van der Waals surface area (Å²) in [6, 6.07) is 6.03. The van der Waals surface area contributed by atoms with Crippen LogP contribution in [0.15, 0.2) is 18.2 Å². The average Bonchev–Trinajstić information content (AvgIpc) is 2.33. The Bertz CT molecular complexity index is 462. The van der Waals surface area contributed by atoms with Crippen LogP contribution in [0, 0.1) is 6.92 Å². The lowest BCUT2D eigenvalue weighted by atomic mass is 10.1. The van der Waals surface area contributed by atoms with E-state index in [9.17, 15) is 4.79 Å². The Morgan fingerprint density at radius 2 is 1.95 bits per heavy atom.